The third-order valence-electron chi connectivity index (χ3n) is 5.79. The van der Waals surface area contributed by atoms with E-state index in [2.05, 4.69) is 0 Å². The Bertz CT molecular complexity index is 1370. The number of aliphatic hydroxyl groups excluding tert-OH is 1. The van der Waals surface area contributed by atoms with Gasteiger partial charge in [-0.25, -0.2) is 0 Å². The van der Waals surface area contributed by atoms with E-state index < -0.39 is 17.7 Å². The summed E-state index contributed by atoms with van der Waals surface area (Å²) in [6.45, 7) is 0.100. The molecule has 6 nitrogen and oxygen atoms in total. The molecule has 3 heterocycles. The van der Waals surface area contributed by atoms with E-state index in [0.29, 0.717) is 16.3 Å². The maximum absolute atomic E-state index is 13.2. The Labute approximate surface area is 188 Å². The molecule has 0 aliphatic carbocycles. The maximum Gasteiger partial charge on any atom is 0.296 e. The first-order chi connectivity index (χ1) is 15.5. The molecule has 1 atom stereocenters. The Balaban J connectivity index is 1.74. The number of Topliss-reactive ketones (excluding diaryl/α,β-unsaturated/α-hetero) is 1. The van der Waals surface area contributed by atoms with Crippen molar-refractivity contribution in [2.45, 2.75) is 12.6 Å². The van der Waals surface area contributed by atoms with Crippen LogP contribution in [0.2, 0.25) is 5.02 Å². The van der Waals surface area contributed by atoms with Crippen molar-refractivity contribution >= 4 is 40.0 Å². The number of nitrogens with zero attached hydrogens (tertiary/aromatic N) is 2. The van der Waals surface area contributed by atoms with Crippen molar-refractivity contribution < 1.29 is 19.1 Å². The number of likely N-dealkylation sites (tertiary alicyclic amines) is 1. The minimum Gasteiger partial charge on any atom is -0.507 e. The molecule has 0 radical (unpaired) electrons. The molecule has 1 saturated heterocycles. The van der Waals surface area contributed by atoms with E-state index in [9.17, 15) is 14.7 Å². The van der Waals surface area contributed by atoms with Crippen LogP contribution in [0.1, 0.15) is 22.9 Å². The third kappa shape index (κ3) is 3.20. The lowest BCUT2D eigenvalue weighted by Gasteiger charge is -2.24. The van der Waals surface area contributed by atoms with Gasteiger partial charge in [0.25, 0.3) is 11.7 Å². The molecule has 2 aromatic heterocycles. The number of ketones is 1. The molecule has 0 saturated carbocycles. The first-order valence-corrected chi connectivity index (χ1v) is 10.4. The fraction of sp³-hybridized carbons (Fsp3) is 0.120. The summed E-state index contributed by atoms with van der Waals surface area (Å²) in [4.78, 5) is 27.7. The predicted octanol–water partition coefficient (Wildman–Crippen LogP) is 5.05. The number of hydrogen-bond acceptors (Lipinski definition) is 4. The van der Waals surface area contributed by atoms with Gasteiger partial charge in [-0.3, -0.25) is 9.59 Å². The number of hydrogen-bond donors (Lipinski definition) is 1. The van der Waals surface area contributed by atoms with E-state index in [0.717, 1.165) is 16.5 Å². The summed E-state index contributed by atoms with van der Waals surface area (Å²) in [6.07, 6.45) is 3.41. The molecular weight excluding hydrogens is 428 g/mol. The number of para-hydroxylation sites is 1. The van der Waals surface area contributed by atoms with E-state index >= 15 is 0 Å². The highest BCUT2D eigenvalue weighted by molar-refractivity contribution is 6.46. The molecule has 0 spiro atoms. The summed E-state index contributed by atoms with van der Waals surface area (Å²) in [5, 5.41) is 12.6. The minimum atomic E-state index is -0.776. The average molecular weight is 447 g/mol. The Hall–Kier alpha value is -3.77. The largest absolute Gasteiger partial charge is 0.507 e. The maximum atomic E-state index is 13.2. The third-order valence-corrected chi connectivity index (χ3v) is 6.04. The van der Waals surface area contributed by atoms with Crippen molar-refractivity contribution in [3.8, 4) is 0 Å². The monoisotopic (exact) mass is 446 g/mol. The Morgan fingerprint density at radius 3 is 2.53 bits per heavy atom. The van der Waals surface area contributed by atoms with Crippen LogP contribution in [0.3, 0.4) is 0 Å². The van der Waals surface area contributed by atoms with Crippen LogP contribution in [-0.4, -0.2) is 26.3 Å². The fourth-order valence-corrected chi connectivity index (χ4v) is 4.42. The molecule has 1 aliphatic rings. The van der Waals surface area contributed by atoms with Gasteiger partial charge >= 0.3 is 0 Å². The van der Waals surface area contributed by atoms with Crippen molar-refractivity contribution in [2.75, 3.05) is 0 Å². The first-order valence-electron chi connectivity index (χ1n) is 10.1. The molecule has 1 unspecified atom stereocenters. The van der Waals surface area contributed by atoms with E-state index in [4.69, 9.17) is 16.0 Å². The van der Waals surface area contributed by atoms with Gasteiger partial charge in [-0.15, -0.1) is 0 Å². The summed E-state index contributed by atoms with van der Waals surface area (Å²) >= 11 is 5.98. The second-order valence-electron chi connectivity index (χ2n) is 7.73. The lowest BCUT2D eigenvalue weighted by atomic mass is 9.95. The molecular formula is C25H19ClN2O4. The number of carbonyl (C=O) groups excluding carboxylic acids is 2. The first kappa shape index (κ1) is 20.2. The van der Waals surface area contributed by atoms with Gasteiger partial charge in [0, 0.05) is 40.3 Å². The Morgan fingerprint density at radius 1 is 1.06 bits per heavy atom. The Kier molecular flexibility index (Phi) is 4.87. The molecule has 160 valence electrons. The van der Waals surface area contributed by atoms with Gasteiger partial charge < -0.3 is 19.0 Å². The van der Waals surface area contributed by atoms with E-state index in [-0.39, 0.29) is 17.9 Å². The van der Waals surface area contributed by atoms with Crippen LogP contribution in [0.25, 0.3) is 16.7 Å². The van der Waals surface area contributed by atoms with Crippen molar-refractivity contribution in [2.24, 2.45) is 7.05 Å². The Morgan fingerprint density at radius 2 is 1.81 bits per heavy atom. The number of furan rings is 1. The quantitative estimate of drug-likeness (QED) is 0.270. The normalized spacial score (nSPS) is 18.1. The number of halogens is 1. The van der Waals surface area contributed by atoms with Crippen molar-refractivity contribution in [3.05, 3.63) is 101 Å². The molecule has 5 rings (SSSR count). The zero-order valence-corrected chi connectivity index (χ0v) is 17.9. The summed E-state index contributed by atoms with van der Waals surface area (Å²) < 4.78 is 7.39. The number of carbonyl (C=O) groups is 2. The summed E-state index contributed by atoms with van der Waals surface area (Å²) in [6, 6.07) is 17.0. The minimum absolute atomic E-state index is 0.0419. The molecule has 1 fully saturated rings. The second kappa shape index (κ2) is 7.73. The zero-order valence-electron chi connectivity index (χ0n) is 17.2. The number of aliphatic hydroxyl groups is 1. The van der Waals surface area contributed by atoms with Crippen molar-refractivity contribution in [1.29, 1.82) is 0 Å². The van der Waals surface area contributed by atoms with Crippen LogP contribution in [-0.2, 0) is 23.2 Å². The van der Waals surface area contributed by atoms with Crippen LogP contribution < -0.4 is 0 Å². The number of aromatic nitrogens is 1. The molecule has 1 aliphatic heterocycles. The van der Waals surface area contributed by atoms with E-state index in [1.807, 2.05) is 42.1 Å². The van der Waals surface area contributed by atoms with Crippen LogP contribution >= 0.6 is 11.6 Å². The highest BCUT2D eigenvalue weighted by Crippen LogP contribution is 2.43. The number of aryl methyl sites for hydroxylation is 1. The second-order valence-corrected chi connectivity index (χ2v) is 8.16. The summed E-state index contributed by atoms with van der Waals surface area (Å²) in [7, 11) is 1.91. The summed E-state index contributed by atoms with van der Waals surface area (Å²) in [5.41, 5.74) is 2.16. The lowest BCUT2D eigenvalue weighted by molar-refractivity contribution is -0.140. The summed E-state index contributed by atoms with van der Waals surface area (Å²) in [5.74, 6) is -1.11. The standard InChI is InChI=1S/C25H19ClN2O4/c1-27-14-19(18-6-2-3-7-20(18)27)22-21(23(29)15-8-10-16(26)11-9-15)24(30)25(31)28(22)13-17-5-4-12-32-17/h2-12,14,22,29H,13H2,1H3/b23-21+. The molecule has 32 heavy (non-hydrogen) atoms. The van der Waals surface area contributed by atoms with Gasteiger partial charge in [-0.1, -0.05) is 29.8 Å². The van der Waals surface area contributed by atoms with Crippen LogP contribution in [0.15, 0.2) is 83.1 Å². The highest BCUT2D eigenvalue weighted by atomic mass is 35.5. The van der Waals surface area contributed by atoms with Gasteiger partial charge in [-0.05, 0) is 42.5 Å². The smallest absolute Gasteiger partial charge is 0.296 e. The van der Waals surface area contributed by atoms with Crippen molar-refractivity contribution in [3.63, 3.8) is 0 Å². The number of rotatable bonds is 4. The average Bonchev–Trinajstić information content (AvgIpc) is 3.49. The van der Waals surface area contributed by atoms with Gasteiger partial charge in [0.05, 0.1) is 24.4 Å². The fourth-order valence-electron chi connectivity index (χ4n) is 4.29. The number of amides is 1. The van der Waals surface area contributed by atoms with Crippen molar-refractivity contribution in [1.82, 2.24) is 9.47 Å². The van der Waals surface area contributed by atoms with Gasteiger partial charge in [0.15, 0.2) is 0 Å². The highest BCUT2D eigenvalue weighted by Gasteiger charge is 2.47. The molecule has 2 aromatic carbocycles. The molecule has 1 N–H and O–H groups in total. The van der Waals surface area contributed by atoms with Crippen LogP contribution in [0.4, 0.5) is 0 Å². The van der Waals surface area contributed by atoms with Gasteiger partial charge in [0.1, 0.15) is 11.5 Å². The SMILES string of the molecule is Cn1cc(C2/C(=C(\O)c3ccc(Cl)cc3)C(=O)C(=O)N2Cc2ccco2)c2ccccc21. The molecule has 4 aromatic rings. The van der Waals surface area contributed by atoms with E-state index in [1.54, 1.807) is 36.4 Å². The van der Waals surface area contributed by atoms with Crippen LogP contribution in [0.5, 0.6) is 0 Å². The zero-order chi connectivity index (χ0) is 22.4. The molecule has 0 bridgehead atoms. The number of fused-ring (bicyclic) bond motifs is 1. The van der Waals surface area contributed by atoms with Gasteiger partial charge in [0.2, 0.25) is 0 Å². The lowest BCUT2D eigenvalue weighted by Crippen LogP contribution is -2.29. The van der Waals surface area contributed by atoms with Gasteiger partial charge in [-0.2, -0.15) is 0 Å². The topological polar surface area (TPSA) is 75.7 Å². The van der Waals surface area contributed by atoms with E-state index in [1.165, 1.54) is 11.2 Å². The predicted molar refractivity (Wildman–Crippen MR) is 121 cm³/mol. The molecule has 1 amide bonds. The molecule has 7 heteroatoms. The number of benzene rings is 2. The van der Waals surface area contributed by atoms with Crippen LogP contribution in [0, 0.1) is 0 Å².